The largest absolute Gasteiger partial charge is 0.387 e. The van der Waals surface area contributed by atoms with Crippen molar-refractivity contribution in [3.63, 3.8) is 0 Å². The highest BCUT2D eigenvalue weighted by molar-refractivity contribution is 5.13. The van der Waals surface area contributed by atoms with Crippen molar-refractivity contribution in [2.45, 2.75) is 44.4 Å². The quantitative estimate of drug-likeness (QED) is 0.762. The number of nitrogens with two attached hydrogens (primary N) is 1. The molecule has 2 heteroatoms. The van der Waals surface area contributed by atoms with Crippen LogP contribution >= 0.6 is 0 Å². The summed E-state index contributed by atoms with van der Waals surface area (Å²) >= 11 is 0. The Kier molecular flexibility index (Phi) is 3.75. The third-order valence-electron chi connectivity index (χ3n) is 3.28. The first-order valence-corrected chi connectivity index (χ1v) is 5.91. The van der Waals surface area contributed by atoms with Crippen LogP contribution in [0.2, 0.25) is 0 Å². The number of aliphatic hydroxyl groups excluding tert-OH is 1. The molecule has 1 saturated carbocycles. The molecule has 1 aliphatic carbocycles. The van der Waals surface area contributed by atoms with Gasteiger partial charge in [0.15, 0.2) is 0 Å². The molecule has 0 aromatic heterocycles. The Balaban J connectivity index is 1.82. The van der Waals surface area contributed by atoms with Gasteiger partial charge in [-0.05, 0) is 12.8 Å². The molecule has 0 bridgehead atoms. The second kappa shape index (κ2) is 5.29. The molecule has 0 saturated heterocycles. The number of quaternary nitrogens is 1. The maximum Gasteiger partial charge on any atom is 0.112 e. The van der Waals surface area contributed by atoms with Crippen molar-refractivity contribution in [1.82, 2.24) is 0 Å². The second-order valence-corrected chi connectivity index (χ2v) is 4.44. The Bertz CT molecular complexity index is 286. The summed E-state index contributed by atoms with van der Waals surface area (Å²) < 4.78 is 0. The van der Waals surface area contributed by atoms with E-state index in [0.29, 0.717) is 6.04 Å². The molecule has 1 aliphatic rings. The molecule has 0 radical (unpaired) electrons. The normalized spacial score (nSPS) is 26.5. The van der Waals surface area contributed by atoms with Crippen molar-refractivity contribution >= 4 is 0 Å². The van der Waals surface area contributed by atoms with Crippen LogP contribution in [0, 0.1) is 0 Å². The van der Waals surface area contributed by atoms with E-state index in [1.165, 1.54) is 18.4 Å². The zero-order valence-corrected chi connectivity index (χ0v) is 9.10. The van der Waals surface area contributed by atoms with Gasteiger partial charge in [-0.1, -0.05) is 36.8 Å². The van der Waals surface area contributed by atoms with Crippen molar-refractivity contribution in [3.8, 4) is 0 Å². The molecule has 1 aromatic rings. The first-order valence-electron chi connectivity index (χ1n) is 5.91. The van der Waals surface area contributed by atoms with Gasteiger partial charge in [-0.3, -0.25) is 0 Å². The third-order valence-corrected chi connectivity index (χ3v) is 3.28. The van der Waals surface area contributed by atoms with E-state index in [1.54, 1.807) is 0 Å². The maximum atomic E-state index is 9.82. The number of benzene rings is 1. The molecule has 2 atom stereocenters. The molecule has 2 rings (SSSR count). The monoisotopic (exact) mass is 206 g/mol. The van der Waals surface area contributed by atoms with Gasteiger partial charge in [0.1, 0.15) is 18.7 Å². The Hall–Kier alpha value is -0.860. The van der Waals surface area contributed by atoms with Gasteiger partial charge in [0, 0.05) is 12.0 Å². The van der Waals surface area contributed by atoms with Crippen molar-refractivity contribution in [2.75, 3.05) is 0 Å². The van der Waals surface area contributed by atoms with Gasteiger partial charge in [0.05, 0.1) is 0 Å². The van der Waals surface area contributed by atoms with Gasteiger partial charge in [0.25, 0.3) is 0 Å². The van der Waals surface area contributed by atoms with Crippen LogP contribution in [-0.4, -0.2) is 17.3 Å². The highest BCUT2D eigenvalue weighted by Crippen LogP contribution is 2.15. The second-order valence-electron chi connectivity index (χ2n) is 4.44. The van der Waals surface area contributed by atoms with E-state index in [2.05, 4.69) is 29.6 Å². The van der Waals surface area contributed by atoms with Crippen molar-refractivity contribution in [1.29, 1.82) is 0 Å². The summed E-state index contributed by atoms with van der Waals surface area (Å²) in [6.45, 7) is 0.989. The van der Waals surface area contributed by atoms with Gasteiger partial charge in [-0.2, -0.15) is 0 Å². The summed E-state index contributed by atoms with van der Waals surface area (Å²) in [4.78, 5) is 0. The third kappa shape index (κ3) is 3.05. The molecular formula is C13H20NO+. The van der Waals surface area contributed by atoms with Crippen LogP contribution in [-0.2, 0) is 6.54 Å². The minimum absolute atomic E-state index is 0.0949. The topological polar surface area (TPSA) is 36.8 Å². The molecule has 82 valence electrons. The molecule has 0 aliphatic heterocycles. The standard InChI is InChI=1S/C13H19NO/c15-13-9-5-4-8-12(13)14-10-11-6-2-1-3-7-11/h1-3,6-7,12-15H,4-5,8-10H2/p+1. The Morgan fingerprint density at radius 2 is 1.87 bits per heavy atom. The lowest BCUT2D eigenvalue weighted by molar-refractivity contribution is -0.713. The fraction of sp³-hybridized carbons (Fsp3) is 0.538. The number of hydrogen-bond donors (Lipinski definition) is 2. The summed E-state index contributed by atoms with van der Waals surface area (Å²) in [7, 11) is 0. The molecule has 0 spiro atoms. The minimum Gasteiger partial charge on any atom is -0.387 e. The number of rotatable bonds is 3. The van der Waals surface area contributed by atoms with Crippen LogP contribution in [0.4, 0.5) is 0 Å². The first-order chi connectivity index (χ1) is 7.36. The smallest absolute Gasteiger partial charge is 0.112 e. The summed E-state index contributed by atoms with van der Waals surface area (Å²) in [5.41, 5.74) is 1.34. The van der Waals surface area contributed by atoms with Crippen LogP contribution in [0.25, 0.3) is 0 Å². The molecule has 2 unspecified atom stereocenters. The van der Waals surface area contributed by atoms with Crippen LogP contribution in [0.1, 0.15) is 31.2 Å². The summed E-state index contributed by atoms with van der Waals surface area (Å²) in [6.07, 6.45) is 4.51. The SMILES string of the molecule is OC1CCCCC1[NH2+]Cc1ccccc1. The van der Waals surface area contributed by atoms with Crippen LogP contribution in [0.5, 0.6) is 0 Å². The van der Waals surface area contributed by atoms with Crippen molar-refractivity contribution in [2.24, 2.45) is 0 Å². The predicted octanol–water partition coefficient (Wildman–Crippen LogP) is 1.05. The molecule has 0 amide bonds. The lowest BCUT2D eigenvalue weighted by Gasteiger charge is -2.25. The fourth-order valence-corrected chi connectivity index (χ4v) is 2.32. The lowest BCUT2D eigenvalue weighted by Crippen LogP contribution is -2.91. The molecule has 1 aromatic carbocycles. The van der Waals surface area contributed by atoms with Gasteiger partial charge >= 0.3 is 0 Å². The lowest BCUT2D eigenvalue weighted by atomic mass is 9.92. The fourth-order valence-electron chi connectivity index (χ4n) is 2.32. The first kappa shape index (κ1) is 10.7. The number of hydrogen-bond acceptors (Lipinski definition) is 1. The summed E-state index contributed by atoms with van der Waals surface area (Å²) in [5, 5.41) is 12.1. The van der Waals surface area contributed by atoms with Gasteiger partial charge in [0.2, 0.25) is 0 Å². The van der Waals surface area contributed by atoms with E-state index < -0.39 is 0 Å². The van der Waals surface area contributed by atoms with Crippen LogP contribution in [0.15, 0.2) is 30.3 Å². The van der Waals surface area contributed by atoms with Gasteiger partial charge < -0.3 is 10.4 Å². The summed E-state index contributed by atoms with van der Waals surface area (Å²) in [5.74, 6) is 0. The Morgan fingerprint density at radius 1 is 1.13 bits per heavy atom. The van der Waals surface area contributed by atoms with Gasteiger partial charge in [-0.25, -0.2) is 0 Å². The average molecular weight is 206 g/mol. The van der Waals surface area contributed by atoms with E-state index >= 15 is 0 Å². The Morgan fingerprint density at radius 3 is 2.60 bits per heavy atom. The molecular weight excluding hydrogens is 186 g/mol. The highest BCUT2D eigenvalue weighted by atomic mass is 16.3. The van der Waals surface area contributed by atoms with Crippen molar-refractivity contribution < 1.29 is 10.4 Å². The molecule has 2 nitrogen and oxygen atoms in total. The summed E-state index contributed by atoms with van der Waals surface area (Å²) in [6, 6.07) is 10.9. The zero-order chi connectivity index (χ0) is 10.5. The van der Waals surface area contributed by atoms with Crippen LogP contribution in [0.3, 0.4) is 0 Å². The van der Waals surface area contributed by atoms with Gasteiger partial charge in [-0.15, -0.1) is 0 Å². The van der Waals surface area contributed by atoms with E-state index in [9.17, 15) is 5.11 Å². The highest BCUT2D eigenvalue weighted by Gasteiger charge is 2.25. The van der Waals surface area contributed by atoms with E-state index in [4.69, 9.17) is 0 Å². The van der Waals surface area contributed by atoms with E-state index in [1.807, 2.05) is 6.07 Å². The van der Waals surface area contributed by atoms with E-state index in [0.717, 1.165) is 19.4 Å². The van der Waals surface area contributed by atoms with Crippen molar-refractivity contribution in [3.05, 3.63) is 35.9 Å². The predicted molar refractivity (Wildman–Crippen MR) is 60.3 cm³/mol. The molecule has 1 fully saturated rings. The number of aliphatic hydroxyl groups is 1. The average Bonchev–Trinajstić information content (AvgIpc) is 2.29. The minimum atomic E-state index is -0.0949. The zero-order valence-electron chi connectivity index (χ0n) is 9.10. The maximum absolute atomic E-state index is 9.82. The molecule has 3 N–H and O–H groups in total. The molecule has 0 heterocycles. The van der Waals surface area contributed by atoms with E-state index in [-0.39, 0.29) is 6.10 Å². The molecule has 15 heavy (non-hydrogen) atoms. The Labute approximate surface area is 91.3 Å². The van der Waals surface area contributed by atoms with Crippen LogP contribution < -0.4 is 5.32 Å².